The van der Waals surface area contributed by atoms with Gasteiger partial charge in [-0.3, -0.25) is 9.59 Å². The van der Waals surface area contributed by atoms with E-state index >= 15 is 0 Å². The monoisotopic (exact) mass is 543 g/mol. The number of nitrogens with one attached hydrogen (secondary N) is 1. The number of carboxylic acid groups (broad SMARTS) is 1. The topological polar surface area (TPSA) is 75.6 Å². The zero-order valence-corrected chi connectivity index (χ0v) is 22.5. The minimum Gasteiger partial charge on any atom is -0.494 e. The molecule has 0 aromatic heterocycles. The zero-order chi connectivity index (χ0) is 28.6. The third-order valence-electron chi connectivity index (χ3n) is 6.94. The second-order valence-corrected chi connectivity index (χ2v) is 10.4. The molecule has 39 heavy (non-hydrogen) atoms. The summed E-state index contributed by atoms with van der Waals surface area (Å²) in [6.45, 7) is 6.75. The molecule has 210 valence electrons. The first-order valence-corrected chi connectivity index (χ1v) is 13.2. The van der Waals surface area contributed by atoms with Crippen molar-refractivity contribution in [2.75, 3.05) is 11.9 Å². The Hall–Kier alpha value is -3.55. The van der Waals surface area contributed by atoms with Crippen LogP contribution < -0.4 is 5.32 Å². The highest BCUT2D eigenvalue weighted by Crippen LogP contribution is 2.49. The van der Waals surface area contributed by atoms with Crippen molar-refractivity contribution in [3.8, 4) is 0 Å². The van der Waals surface area contributed by atoms with Crippen molar-refractivity contribution in [1.82, 2.24) is 0 Å². The molecule has 1 saturated carbocycles. The fourth-order valence-electron chi connectivity index (χ4n) is 4.18. The molecule has 0 aliphatic heterocycles. The molecule has 2 aromatic rings. The molecule has 0 heterocycles. The number of halogens is 3. The first-order chi connectivity index (χ1) is 18.5. The van der Waals surface area contributed by atoms with Crippen LogP contribution in [-0.4, -0.2) is 23.6 Å². The van der Waals surface area contributed by atoms with Gasteiger partial charge in [-0.15, -0.1) is 0 Å². The number of aryl methyl sites for hydroxylation is 1. The van der Waals surface area contributed by atoms with Gasteiger partial charge >= 0.3 is 12.1 Å². The van der Waals surface area contributed by atoms with Crippen molar-refractivity contribution in [3.05, 3.63) is 89.2 Å². The minimum absolute atomic E-state index is 0.149. The summed E-state index contributed by atoms with van der Waals surface area (Å²) < 4.78 is 46.7. The Balaban J connectivity index is 1.64. The molecule has 2 N–H and O–H groups in total. The summed E-state index contributed by atoms with van der Waals surface area (Å²) in [5.41, 5.74) is 0.356. The molecule has 0 radical (unpaired) electrons. The second-order valence-electron chi connectivity index (χ2n) is 10.4. The van der Waals surface area contributed by atoms with Crippen molar-refractivity contribution in [1.29, 1.82) is 0 Å². The highest BCUT2D eigenvalue weighted by atomic mass is 19.4. The van der Waals surface area contributed by atoms with Crippen molar-refractivity contribution in [2.45, 2.75) is 58.5 Å². The number of allylic oxidation sites excluding steroid dienone is 2. The van der Waals surface area contributed by atoms with Gasteiger partial charge in [0.2, 0.25) is 5.91 Å². The number of anilines is 1. The number of hydrogen-bond acceptors (Lipinski definition) is 3. The zero-order valence-electron chi connectivity index (χ0n) is 22.5. The summed E-state index contributed by atoms with van der Waals surface area (Å²) in [6.07, 6.45) is 2.48. The van der Waals surface area contributed by atoms with Gasteiger partial charge in [0.05, 0.1) is 23.8 Å². The van der Waals surface area contributed by atoms with Crippen LogP contribution in [0.3, 0.4) is 0 Å². The average Bonchev–Trinajstić information content (AvgIpc) is 3.68. The lowest BCUT2D eigenvalue weighted by molar-refractivity contribution is -0.139. The predicted octanol–water partition coefficient (Wildman–Crippen LogP) is 7.60. The molecular formula is C31H36F3NO4. The first kappa shape index (κ1) is 30.0. The Morgan fingerprint density at radius 3 is 2.46 bits per heavy atom. The number of hydrogen-bond donors (Lipinski definition) is 2. The lowest BCUT2D eigenvalue weighted by Gasteiger charge is -2.15. The first-order valence-electron chi connectivity index (χ1n) is 13.2. The third kappa shape index (κ3) is 9.30. The van der Waals surface area contributed by atoms with Gasteiger partial charge in [0.15, 0.2) is 0 Å². The van der Waals surface area contributed by atoms with Crippen LogP contribution in [0.2, 0.25) is 0 Å². The highest BCUT2D eigenvalue weighted by Gasteiger charge is 2.45. The van der Waals surface area contributed by atoms with Gasteiger partial charge in [0.1, 0.15) is 5.76 Å². The van der Waals surface area contributed by atoms with E-state index in [2.05, 4.69) is 38.2 Å². The number of carbonyl (C=O) groups is 2. The van der Waals surface area contributed by atoms with Crippen molar-refractivity contribution in [2.24, 2.45) is 17.8 Å². The fourth-order valence-corrected chi connectivity index (χ4v) is 4.18. The molecule has 1 aliphatic rings. The second kappa shape index (κ2) is 13.5. The van der Waals surface area contributed by atoms with Gasteiger partial charge < -0.3 is 15.2 Å². The van der Waals surface area contributed by atoms with Crippen LogP contribution in [0.4, 0.5) is 18.9 Å². The number of aliphatic carboxylic acids is 1. The van der Waals surface area contributed by atoms with Crippen molar-refractivity contribution >= 4 is 17.6 Å². The van der Waals surface area contributed by atoms with E-state index in [1.54, 1.807) is 12.2 Å². The molecule has 1 unspecified atom stereocenters. The van der Waals surface area contributed by atoms with E-state index in [4.69, 9.17) is 9.84 Å². The molecule has 3 atom stereocenters. The lowest BCUT2D eigenvalue weighted by Crippen LogP contribution is -2.16. The van der Waals surface area contributed by atoms with Gasteiger partial charge in [-0.25, -0.2) is 0 Å². The number of benzene rings is 2. The lowest BCUT2D eigenvalue weighted by atomic mass is 9.97. The molecule has 1 fully saturated rings. The van der Waals surface area contributed by atoms with Crippen LogP contribution in [0.25, 0.3) is 0 Å². The Morgan fingerprint density at radius 2 is 1.85 bits per heavy atom. The number of alkyl halides is 3. The summed E-state index contributed by atoms with van der Waals surface area (Å²) in [6, 6.07) is 13.5. The van der Waals surface area contributed by atoms with E-state index in [1.165, 1.54) is 17.7 Å². The van der Waals surface area contributed by atoms with Crippen LogP contribution in [0, 0.1) is 17.8 Å². The van der Waals surface area contributed by atoms with Crippen LogP contribution in [-0.2, 0) is 26.9 Å². The maximum Gasteiger partial charge on any atom is 0.418 e. The SMILES string of the molecule is CC(C)C(C)/C=C(\C=C/CC(=O)Nc1cc([C@H]2C[C@H]2C(=O)O)ccc1C(F)(F)F)OCCCc1ccccc1. The largest absolute Gasteiger partial charge is 0.494 e. The molecular weight excluding hydrogens is 507 g/mol. The molecule has 5 nitrogen and oxygen atoms in total. The molecule has 1 amide bonds. The third-order valence-corrected chi connectivity index (χ3v) is 6.94. The number of carboxylic acids is 1. The fraction of sp³-hybridized carbons (Fsp3) is 0.419. The number of ether oxygens (including phenoxy) is 1. The summed E-state index contributed by atoms with van der Waals surface area (Å²) in [5, 5.41) is 11.5. The van der Waals surface area contributed by atoms with E-state index in [-0.39, 0.29) is 23.9 Å². The van der Waals surface area contributed by atoms with E-state index in [1.807, 2.05) is 24.3 Å². The van der Waals surface area contributed by atoms with Gasteiger partial charge in [0.25, 0.3) is 0 Å². The predicted molar refractivity (Wildman–Crippen MR) is 145 cm³/mol. The Kier molecular flexibility index (Phi) is 10.4. The molecule has 0 saturated heterocycles. The van der Waals surface area contributed by atoms with E-state index < -0.39 is 29.5 Å². The number of rotatable bonds is 13. The standard InChI is InChI=1S/C31H36F3NO4/c1-20(2)21(3)17-24(39-16-8-11-22-9-5-4-6-10-22)12-7-13-29(36)35-28-18-23(25-19-26(25)30(37)38)14-15-27(28)31(32,33)34/h4-7,9-10,12,14-15,17-18,20-21,25-26H,8,11,13,16,19H2,1-3H3,(H,35,36)(H,37,38)/b12-7-,24-17+/t21?,25-,26-/m1/s1. The Labute approximate surface area is 227 Å². The minimum atomic E-state index is -4.66. The Morgan fingerprint density at radius 1 is 1.13 bits per heavy atom. The van der Waals surface area contributed by atoms with Crippen LogP contribution in [0.15, 0.2) is 72.5 Å². The van der Waals surface area contributed by atoms with E-state index in [0.29, 0.717) is 30.3 Å². The van der Waals surface area contributed by atoms with Crippen molar-refractivity contribution < 1.29 is 32.6 Å². The Bertz CT molecular complexity index is 1190. The highest BCUT2D eigenvalue weighted by molar-refractivity contribution is 5.92. The normalized spacial score (nSPS) is 18.3. The molecule has 0 spiro atoms. The van der Waals surface area contributed by atoms with Crippen LogP contribution in [0.5, 0.6) is 0 Å². The van der Waals surface area contributed by atoms with E-state index in [9.17, 15) is 22.8 Å². The van der Waals surface area contributed by atoms with Gasteiger partial charge in [-0.05, 0) is 72.4 Å². The van der Waals surface area contributed by atoms with E-state index in [0.717, 1.165) is 18.9 Å². The van der Waals surface area contributed by atoms with Crippen LogP contribution in [0.1, 0.15) is 62.6 Å². The molecule has 8 heteroatoms. The molecule has 0 bridgehead atoms. The van der Waals surface area contributed by atoms with Gasteiger partial charge in [-0.2, -0.15) is 13.2 Å². The molecule has 3 rings (SSSR count). The smallest absolute Gasteiger partial charge is 0.418 e. The van der Waals surface area contributed by atoms with Gasteiger partial charge in [-0.1, -0.05) is 63.2 Å². The maximum atomic E-state index is 13.6. The molecule has 1 aliphatic carbocycles. The summed E-state index contributed by atoms with van der Waals surface area (Å²) in [7, 11) is 0. The molecule has 2 aromatic carbocycles. The summed E-state index contributed by atoms with van der Waals surface area (Å²) in [5.74, 6) is -1.34. The van der Waals surface area contributed by atoms with Crippen LogP contribution >= 0.6 is 0 Å². The van der Waals surface area contributed by atoms with Gasteiger partial charge in [0, 0.05) is 6.42 Å². The summed E-state index contributed by atoms with van der Waals surface area (Å²) in [4.78, 5) is 23.8. The quantitative estimate of drug-likeness (QED) is 0.155. The van der Waals surface area contributed by atoms with Crippen molar-refractivity contribution in [3.63, 3.8) is 0 Å². The summed E-state index contributed by atoms with van der Waals surface area (Å²) >= 11 is 0. The maximum absolute atomic E-state index is 13.6. The average molecular weight is 544 g/mol. The number of carbonyl (C=O) groups excluding carboxylic acids is 1. The number of amides is 1.